The Bertz CT molecular complexity index is 733. The van der Waals surface area contributed by atoms with Gasteiger partial charge in [0.05, 0.1) is 0 Å². The van der Waals surface area contributed by atoms with Crippen LogP contribution in [0, 0.1) is 0 Å². The summed E-state index contributed by atoms with van der Waals surface area (Å²) in [6.45, 7) is 5.60. The molecule has 7 heteroatoms. The number of aromatic hydroxyl groups is 1. The van der Waals surface area contributed by atoms with Crippen LogP contribution in [0.4, 0.5) is 5.82 Å². The highest BCUT2D eigenvalue weighted by molar-refractivity contribution is 14.0. The molecule has 0 bridgehead atoms. The molecular formula is C21H30IN5O. The first-order valence-electron chi connectivity index (χ1n) is 9.73. The highest BCUT2D eigenvalue weighted by atomic mass is 127. The number of piperidine rings is 1. The van der Waals surface area contributed by atoms with Crippen molar-refractivity contribution in [2.24, 2.45) is 4.99 Å². The number of aromatic nitrogens is 1. The zero-order valence-electron chi connectivity index (χ0n) is 16.3. The van der Waals surface area contributed by atoms with Crippen LogP contribution in [0.1, 0.15) is 25.3 Å². The van der Waals surface area contributed by atoms with Crippen molar-refractivity contribution >= 4 is 35.8 Å². The third kappa shape index (κ3) is 6.85. The van der Waals surface area contributed by atoms with Crippen LogP contribution in [-0.4, -0.2) is 48.3 Å². The molecule has 1 saturated heterocycles. The van der Waals surface area contributed by atoms with Gasteiger partial charge in [0.15, 0.2) is 5.96 Å². The van der Waals surface area contributed by atoms with E-state index >= 15 is 0 Å². The molecule has 2 aromatic rings. The minimum Gasteiger partial charge on any atom is -0.508 e. The molecule has 0 unspecified atom stereocenters. The third-order valence-corrected chi connectivity index (χ3v) is 4.73. The highest BCUT2D eigenvalue weighted by Crippen LogP contribution is 2.17. The monoisotopic (exact) mass is 495 g/mol. The van der Waals surface area contributed by atoms with Crippen LogP contribution in [0.15, 0.2) is 53.7 Å². The lowest BCUT2D eigenvalue weighted by Crippen LogP contribution is -2.49. The van der Waals surface area contributed by atoms with Gasteiger partial charge in [-0.1, -0.05) is 18.2 Å². The number of nitrogens with one attached hydrogen (secondary N) is 2. The average molecular weight is 495 g/mol. The van der Waals surface area contributed by atoms with Gasteiger partial charge in [-0.15, -0.1) is 24.0 Å². The summed E-state index contributed by atoms with van der Waals surface area (Å²) in [5.74, 6) is 2.23. The van der Waals surface area contributed by atoms with Crippen LogP contribution in [0.5, 0.6) is 5.75 Å². The van der Waals surface area contributed by atoms with Crippen LogP contribution >= 0.6 is 24.0 Å². The van der Waals surface area contributed by atoms with Gasteiger partial charge in [-0.3, -0.25) is 4.99 Å². The number of nitrogens with zero attached hydrogens (tertiary/aromatic N) is 3. The van der Waals surface area contributed by atoms with Crippen LogP contribution in [0.25, 0.3) is 0 Å². The molecule has 1 aromatic carbocycles. The average Bonchev–Trinajstić information content (AvgIpc) is 2.69. The summed E-state index contributed by atoms with van der Waals surface area (Å²) < 4.78 is 0. The number of hydrogen-bond donors (Lipinski definition) is 3. The maximum atomic E-state index is 9.56. The van der Waals surface area contributed by atoms with Crippen molar-refractivity contribution in [3.8, 4) is 5.75 Å². The number of hydrogen-bond acceptors (Lipinski definition) is 4. The van der Waals surface area contributed by atoms with Crippen LogP contribution in [0.2, 0.25) is 0 Å². The van der Waals surface area contributed by atoms with E-state index in [-0.39, 0.29) is 24.0 Å². The van der Waals surface area contributed by atoms with Crippen molar-refractivity contribution in [1.29, 1.82) is 0 Å². The van der Waals surface area contributed by atoms with Crippen molar-refractivity contribution in [2.45, 2.75) is 32.2 Å². The number of phenols is 1. The fourth-order valence-electron chi connectivity index (χ4n) is 3.32. The molecule has 1 aromatic heterocycles. The quantitative estimate of drug-likeness (QED) is 0.326. The fraction of sp³-hybridized carbons (Fsp3) is 0.429. The Hall–Kier alpha value is -2.03. The normalized spacial score (nSPS) is 15.0. The smallest absolute Gasteiger partial charge is 0.191 e. The van der Waals surface area contributed by atoms with Crippen LogP contribution in [0.3, 0.4) is 0 Å². The number of benzene rings is 1. The van der Waals surface area contributed by atoms with Gasteiger partial charge in [-0.25, -0.2) is 4.98 Å². The van der Waals surface area contributed by atoms with E-state index in [9.17, 15) is 5.11 Å². The molecule has 0 amide bonds. The lowest BCUT2D eigenvalue weighted by molar-refractivity contribution is 0.459. The summed E-state index contributed by atoms with van der Waals surface area (Å²) in [4.78, 5) is 11.5. The zero-order chi connectivity index (χ0) is 18.9. The van der Waals surface area contributed by atoms with E-state index < -0.39 is 0 Å². The summed E-state index contributed by atoms with van der Waals surface area (Å²) in [6.07, 6.45) is 4.78. The summed E-state index contributed by atoms with van der Waals surface area (Å²) in [6, 6.07) is 13.8. The SMILES string of the molecule is CCNC(=NCCc1cccc(O)c1)NC1CCN(c2ccccn2)CC1.I. The topological polar surface area (TPSA) is 72.8 Å². The zero-order valence-corrected chi connectivity index (χ0v) is 18.7. The highest BCUT2D eigenvalue weighted by Gasteiger charge is 2.20. The van der Waals surface area contributed by atoms with Gasteiger partial charge >= 0.3 is 0 Å². The molecule has 0 saturated carbocycles. The van der Waals surface area contributed by atoms with E-state index in [1.165, 1.54) is 0 Å². The molecule has 1 fully saturated rings. The molecule has 152 valence electrons. The Morgan fingerprint density at radius 1 is 1.21 bits per heavy atom. The number of phenolic OH excluding ortho intramolecular Hbond substituents is 1. The van der Waals surface area contributed by atoms with Crippen molar-refractivity contribution in [3.63, 3.8) is 0 Å². The molecule has 1 aliphatic heterocycles. The second-order valence-corrected chi connectivity index (χ2v) is 6.77. The van der Waals surface area contributed by atoms with Gasteiger partial charge in [0.2, 0.25) is 0 Å². The number of pyridine rings is 1. The minimum absolute atomic E-state index is 0. The number of anilines is 1. The number of halogens is 1. The van der Waals surface area contributed by atoms with Gasteiger partial charge in [-0.2, -0.15) is 0 Å². The molecule has 0 aliphatic carbocycles. The lowest BCUT2D eigenvalue weighted by atomic mass is 10.1. The van der Waals surface area contributed by atoms with E-state index in [0.29, 0.717) is 18.3 Å². The van der Waals surface area contributed by atoms with Gasteiger partial charge in [0, 0.05) is 38.4 Å². The Kier molecular flexibility index (Phi) is 9.33. The van der Waals surface area contributed by atoms with Crippen molar-refractivity contribution in [3.05, 3.63) is 54.2 Å². The number of guanidine groups is 1. The Balaban J connectivity index is 0.00000280. The van der Waals surface area contributed by atoms with E-state index in [4.69, 9.17) is 4.99 Å². The second kappa shape index (κ2) is 11.7. The minimum atomic E-state index is 0. The van der Waals surface area contributed by atoms with Crippen molar-refractivity contribution in [1.82, 2.24) is 15.6 Å². The Morgan fingerprint density at radius 2 is 2.04 bits per heavy atom. The molecule has 0 spiro atoms. The van der Waals surface area contributed by atoms with E-state index in [2.05, 4.69) is 33.5 Å². The first-order valence-corrected chi connectivity index (χ1v) is 9.73. The predicted octanol–water partition coefficient (Wildman–Crippen LogP) is 3.17. The standard InChI is InChI=1S/C21H29N5O.HI/c1-2-22-21(24-13-9-17-6-5-7-19(27)16-17)25-18-10-14-26(15-11-18)20-8-3-4-12-23-20;/h3-8,12,16,18,27H,2,9-11,13-15H2,1H3,(H2,22,24,25);1H. The van der Waals surface area contributed by atoms with Gasteiger partial charge in [0.1, 0.15) is 11.6 Å². The van der Waals surface area contributed by atoms with Crippen molar-refractivity contribution in [2.75, 3.05) is 31.1 Å². The number of aliphatic imine (C=N–C) groups is 1. The Labute approximate surface area is 184 Å². The maximum Gasteiger partial charge on any atom is 0.191 e. The first kappa shape index (κ1) is 22.3. The molecule has 3 rings (SSSR count). The van der Waals surface area contributed by atoms with Gasteiger partial charge in [0.25, 0.3) is 0 Å². The lowest BCUT2D eigenvalue weighted by Gasteiger charge is -2.33. The molecule has 0 radical (unpaired) electrons. The Morgan fingerprint density at radius 3 is 2.71 bits per heavy atom. The van der Waals surface area contributed by atoms with Crippen LogP contribution in [-0.2, 0) is 6.42 Å². The molecule has 6 nitrogen and oxygen atoms in total. The summed E-state index contributed by atoms with van der Waals surface area (Å²) in [5, 5.41) is 16.5. The van der Waals surface area contributed by atoms with E-state index in [0.717, 1.165) is 56.2 Å². The van der Waals surface area contributed by atoms with Crippen LogP contribution < -0.4 is 15.5 Å². The number of rotatable bonds is 6. The molecule has 3 N–H and O–H groups in total. The molecule has 2 heterocycles. The van der Waals surface area contributed by atoms with E-state index in [1.54, 1.807) is 12.1 Å². The summed E-state index contributed by atoms with van der Waals surface area (Å²) in [7, 11) is 0. The molecule has 28 heavy (non-hydrogen) atoms. The first-order chi connectivity index (χ1) is 13.2. The molecule has 0 atom stereocenters. The fourth-order valence-corrected chi connectivity index (χ4v) is 3.32. The summed E-state index contributed by atoms with van der Waals surface area (Å²) in [5.41, 5.74) is 1.10. The third-order valence-electron chi connectivity index (χ3n) is 4.73. The predicted molar refractivity (Wildman–Crippen MR) is 126 cm³/mol. The molecular weight excluding hydrogens is 465 g/mol. The van der Waals surface area contributed by atoms with E-state index in [1.807, 2.05) is 30.5 Å². The maximum absolute atomic E-state index is 9.56. The van der Waals surface area contributed by atoms with Gasteiger partial charge < -0.3 is 20.6 Å². The summed E-state index contributed by atoms with van der Waals surface area (Å²) >= 11 is 0. The second-order valence-electron chi connectivity index (χ2n) is 6.77. The van der Waals surface area contributed by atoms with Crippen molar-refractivity contribution < 1.29 is 5.11 Å². The molecule has 1 aliphatic rings. The van der Waals surface area contributed by atoms with Gasteiger partial charge in [-0.05, 0) is 56.0 Å². The largest absolute Gasteiger partial charge is 0.508 e.